The van der Waals surface area contributed by atoms with Crippen LogP contribution in [0.25, 0.3) is 5.65 Å². The molecule has 0 saturated carbocycles. The molecule has 2 heterocycles. The molecule has 0 bridgehead atoms. The quantitative estimate of drug-likeness (QED) is 0.811. The zero-order valence-corrected chi connectivity index (χ0v) is 10.5. The van der Waals surface area contributed by atoms with Gasteiger partial charge in [-0.15, -0.1) is 0 Å². The molecular weight excluding hydrogens is 214 g/mol. The van der Waals surface area contributed by atoms with Gasteiger partial charge >= 0.3 is 0 Å². The molecule has 0 N–H and O–H groups in total. The largest absolute Gasteiger partial charge is 0.339 e. The van der Waals surface area contributed by atoms with Gasteiger partial charge in [-0.1, -0.05) is 0 Å². The molecule has 4 heteroatoms. The summed E-state index contributed by atoms with van der Waals surface area (Å²) in [6, 6.07) is 3.71. The summed E-state index contributed by atoms with van der Waals surface area (Å²) in [6.45, 7) is 7.38. The van der Waals surface area contributed by atoms with Crippen molar-refractivity contribution < 1.29 is 4.79 Å². The van der Waals surface area contributed by atoms with Gasteiger partial charge in [0.15, 0.2) is 0 Å². The van der Waals surface area contributed by atoms with E-state index < -0.39 is 0 Å². The maximum atomic E-state index is 12.1. The van der Waals surface area contributed by atoms with Gasteiger partial charge in [-0.05, 0) is 32.9 Å². The lowest BCUT2D eigenvalue weighted by Gasteiger charge is -2.18. The zero-order valence-electron chi connectivity index (χ0n) is 10.5. The van der Waals surface area contributed by atoms with E-state index in [9.17, 15) is 4.79 Å². The predicted molar refractivity (Wildman–Crippen MR) is 67.2 cm³/mol. The number of aryl methyl sites for hydroxylation is 1. The molecule has 1 amide bonds. The minimum Gasteiger partial charge on any atom is -0.339 e. The molecule has 90 valence electrons. The van der Waals surface area contributed by atoms with E-state index in [0.29, 0.717) is 5.56 Å². The number of aromatic nitrogens is 2. The Morgan fingerprint density at radius 2 is 2.00 bits per heavy atom. The normalized spacial score (nSPS) is 10.8. The second-order valence-electron chi connectivity index (χ2n) is 4.04. The summed E-state index contributed by atoms with van der Waals surface area (Å²) in [4.78, 5) is 18.3. The first-order valence-corrected chi connectivity index (χ1v) is 5.90. The Labute approximate surface area is 101 Å². The van der Waals surface area contributed by atoms with E-state index in [1.54, 1.807) is 0 Å². The average molecular weight is 231 g/mol. The summed E-state index contributed by atoms with van der Waals surface area (Å²) in [5.74, 6) is 0.0725. The molecule has 0 unspecified atom stereocenters. The lowest BCUT2D eigenvalue weighted by atomic mass is 10.2. The van der Waals surface area contributed by atoms with Crippen molar-refractivity contribution >= 4 is 11.6 Å². The summed E-state index contributed by atoms with van der Waals surface area (Å²) < 4.78 is 1.89. The van der Waals surface area contributed by atoms with Crippen molar-refractivity contribution in [1.29, 1.82) is 0 Å². The maximum absolute atomic E-state index is 12.1. The molecule has 2 aromatic heterocycles. The van der Waals surface area contributed by atoms with Gasteiger partial charge in [0.2, 0.25) is 0 Å². The third kappa shape index (κ3) is 2.16. The third-order valence-electron chi connectivity index (χ3n) is 2.87. The molecule has 4 nitrogen and oxygen atoms in total. The van der Waals surface area contributed by atoms with Crippen molar-refractivity contribution in [3.63, 3.8) is 0 Å². The van der Waals surface area contributed by atoms with Crippen molar-refractivity contribution in [3.8, 4) is 0 Å². The van der Waals surface area contributed by atoms with Gasteiger partial charge in [-0.3, -0.25) is 4.79 Å². The highest BCUT2D eigenvalue weighted by Crippen LogP contribution is 2.09. The van der Waals surface area contributed by atoms with Crippen LogP contribution in [0.4, 0.5) is 0 Å². The maximum Gasteiger partial charge on any atom is 0.255 e. The first-order chi connectivity index (χ1) is 8.15. The number of imidazole rings is 1. The number of hydrogen-bond acceptors (Lipinski definition) is 2. The molecule has 0 atom stereocenters. The van der Waals surface area contributed by atoms with Gasteiger partial charge in [-0.25, -0.2) is 4.98 Å². The van der Waals surface area contributed by atoms with Crippen molar-refractivity contribution in [3.05, 3.63) is 35.8 Å². The number of hydrogen-bond donors (Lipinski definition) is 0. The smallest absolute Gasteiger partial charge is 0.255 e. The highest BCUT2D eigenvalue weighted by Gasteiger charge is 2.12. The second kappa shape index (κ2) is 4.57. The Morgan fingerprint density at radius 1 is 1.29 bits per heavy atom. The van der Waals surface area contributed by atoms with Crippen molar-refractivity contribution in [1.82, 2.24) is 14.3 Å². The molecule has 0 aliphatic heterocycles. The van der Waals surface area contributed by atoms with E-state index in [0.717, 1.165) is 24.4 Å². The van der Waals surface area contributed by atoms with Crippen LogP contribution < -0.4 is 0 Å². The van der Waals surface area contributed by atoms with Crippen LogP contribution in [0, 0.1) is 6.92 Å². The summed E-state index contributed by atoms with van der Waals surface area (Å²) in [7, 11) is 0. The fraction of sp³-hybridized carbons (Fsp3) is 0.385. The SMILES string of the molecule is CCN(CC)C(=O)c1ccc2nc(C)cn2c1. The highest BCUT2D eigenvalue weighted by atomic mass is 16.2. The van der Waals surface area contributed by atoms with Gasteiger partial charge in [0.25, 0.3) is 5.91 Å². The molecule has 0 aromatic carbocycles. The van der Waals surface area contributed by atoms with Crippen LogP contribution in [0.15, 0.2) is 24.5 Å². The Kier molecular flexibility index (Phi) is 3.13. The van der Waals surface area contributed by atoms with Gasteiger partial charge in [0.05, 0.1) is 11.3 Å². The van der Waals surface area contributed by atoms with Crippen LogP contribution in [0.2, 0.25) is 0 Å². The van der Waals surface area contributed by atoms with E-state index in [1.807, 2.05) is 54.6 Å². The van der Waals surface area contributed by atoms with Crippen LogP contribution >= 0.6 is 0 Å². The monoisotopic (exact) mass is 231 g/mol. The van der Waals surface area contributed by atoms with Crippen molar-refractivity contribution in [2.45, 2.75) is 20.8 Å². The van der Waals surface area contributed by atoms with E-state index in [4.69, 9.17) is 0 Å². The number of amides is 1. The van der Waals surface area contributed by atoms with E-state index in [-0.39, 0.29) is 5.91 Å². The van der Waals surface area contributed by atoms with Crippen LogP contribution in [0.3, 0.4) is 0 Å². The fourth-order valence-electron chi connectivity index (χ4n) is 1.94. The number of carbonyl (C=O) groups excluding carboxylic acids is 1. The first-order valence-electron chi connectivity index (χ1n) is 5.90. The van der Waals surface area contributed by atoms with Gasteiger partial charge < -0.3 is 9.30 Å². The molecule has 0 spiro atoms. The van der Waals surface area contributed by atoms with Gasteiger partial charge in [-0.2, -0.15) is 0 Å². The third-order valence-corrected chi connectivity index (χ3v) is 2.87. The highest BCUT2D eigenvalue weighted by molar-refractivity contribution is 5.94. The van der Waals surface area contributed by atoms with Crippen molar-refractivity contribution in [2.24, 2.45) is 0 Å². The van der Waals surface area contributed by atoms with Gasteiger partial charge in [0.1, 0.15) is 5.65 Å². The summed E-state index contributed by atoms with van der Waals surface area (Å²) >= 11 is 0. The molecule has 0 saturated heterocycles. The Morgan fingerprint density at radius 3 is 2.65 bits per heavy atom. The number of fused-ring (bicyclic) bond motifs is 1. The summed E-state index contributed by atoms with van der Waals surface area (Å²) in [5.41, 5.74) is 2.54. The molecule has 17 heavy (non-hydrogen) atoms. The van der Waals surface area contributed by atoms with E-state index in [2.05, 4.69) is 4.98 Å². The standard InChI is InChI=1S/C13H17N3O/c1-4-15(5-2)13(17)11-6-7-12-14-10(3)8-16(12)9-11/h6-9H,4-5H2,1-3H3. The molecule has 2 rings (SSSR count). The minimum atomic E-state index is 0.0725. The number of pyridine rings is 1. The molecular formula is C13H17N3O. The lowest BCUT2D eigenvalue weighted by molar-refractivity contribution is 0.0772. The van der Waals surface area contributed by atoms with Crippen molar-refractivity contribution in [2.75, 3.05) is 13.1 Å². The topological polar surface area (TPSA) is 37.6 Å². The fourth-order valence-corrected chi connectivity index (χ4v) is 1.94. The molecule has 0 radical (unpaired) electrons. The lowest BCUT2D eigenvalue weighted by Crippen LogP contribution is -2.30. The molecule has 0 fully saturated rings. The average Bonchev–Trinajstić information content (AvgIpc) is 2.69. The second-order valence-corrected chi connectivity index (χ2v) is 4.04. The number of carbonyl (C=O) groups is 1. The first kappa shape index (κ1) is 11.6. The molecule has 0 aliphatic carbocycles. The zero-order chi connectivity index (χ0) is 12.4. The summed E-state index contributed by atoms with van der Waals surface area (Å²) in [5, 5.41) is 0. The molecule has 0 aliphatic rings. The summed E-state index contributed by atoms with van der Waals surface area (Å²) in [6.07, 6.45) is 3.77. The van der Waals surface area contributed by atoms with Crippen LogP contribution in [-0.4, -0.2) is 33.3 Å². The van der Waals surface area contributed by atoms with E-state index in [1.165, 1.54) is 0 Å². The number of rotatable bonds is 3. The van der Waals surface area contributed by atoms with E-state index >= 15 is 0 Å². The Hall–Kier alpha value is -1.84. The minimum absolute atomic E-state index is 0.0725. The Balaban J connectivity index is 2.38. The van der Waals surface area contributed by atoms with Crippen LogP contribution in [-0.2, 0) is 0 Å². The van der Waals surface area contributed by atoms with Gasteiger partial charge in [0, 0.05) is 25.5 Å². The number of nitrogens with zero attached hydrogens (tertiary/aromatic N) is 3. The van der Waals surface area contributed by atoms with Crippen LogP contribution in [0.1, 0.15) is 29.9 Å². The van der Waals surface area contributed by atoms with Crippen LogP contribution in [0.5, 0.6) is 0 Å². The molecule has 2 aromatic rings. The Bertz CT molecular complexity index is 541. The predicted octanol–water partition coefficient (Wildman–Crippen LogP) is 2.12.